The second-order valence-corrected chi connectivity index (χ2v) is 0.283. The summed E-state index contributed by atoms with van der Waals surface area (Å²) < 4.78 is 0. The van der Waals surface area contributed by atoms with Crippen molar-refractivity contribution in [1.82, 2.24) is 0 Å². The van der Waals surface area contributed by atoms with Crippen LogP contribution >= 0.6 is 0 Å². The monoisotopic (exact) mass is 268 g/mol. The van der Waals surface area contributed by atoms with Gasteiger partial charge < -0.3 is 18.5 Å². The summed E-state index contributed by atoms with van der Waals surface area (Å²) in [4.78, 5) is 8.56. The Bertz CT molecular complexity index is 54.0. The van der Waals surface area contributed by atoms with Gasteiger partial charge in [0.2, 0.25) is 0 Å². The SMILES string of the molecule is O.O=C(O)O.[Co].[H-].[H-].[Li+].[Li+].[Mn].[Ni]. The fourth-order valence-electron chi connectivity index (χ4n) is 0. The van der Waals surface area contributed by atoms with E-state index in [1.165, 1.54) is 0 Å². The fraction of sp³-hybridized carbons (Fsp3) is 0. The maximum absolute atomic E-state index is 8.56. The molecule has 0 saturated carbocycles. The zero-order valence-corrected chi connectivity index (χ0v) is 8.54. The van der Waals surface area contributed by atoms with Crippen LogP contribution in [-0.4, -0.2) is 21.8 Å². The van der Waals surface area contributed by atoms with Gasteiger partial charge in [-0.2, -0.15) is 0 Å². The number of carboxylic acid groups (broad SMARTS) is 2. The quantitative estimate of drug-likeness (QED) is 0.428. The summed E-state index contributed by atoms with van der Waals surface area (Å²) in [5, 5.41) is 13.9. The van der Waals surface area contributed by atoms with E-state index in [2.05, 4.69) is 0 Å². The van der Waals surface area contributed by atoms with Gasteiger partial charge >= 0.3 is 43.9 Å². The van der Waals surface area contributed by atoms with E-state index in [1.54, 1.807) is 0 Å². The van der Waals surface area contributed by atoms with Gasteiger partial charge in [-0.3, -0.25) is 0 Å². The molecule has 0 aromatic carbocycles. The molecule has 0 atom stereocenters. The summed E-state index contributed by atoms with van der Waals surface area (Å²) >= 11 is 0. The van der Waals surface area contributed by atoms with Gasteiger partial charge in [0.25, 0.3) is 0 Å². The molecule has 2 radical (unpaired) electrons. The first kappa shape index (κ1) is 58.5. The first-order chi connectivity index (χ1) is 1.73. The second-order valence-electron chi connectivity index (χ2n) is 0.283. The molecular weight excluding hydrogens is 262 g/mol. The average molecular weight is 269 g/mol. The van der Waals surface area contributed by atoms with E-state index in [0.29, 0.717) is 0 Å². The van der Waals surface area contributed by atoms with Crippen molar-refractivity contribution in [3.05, 3.63) is 0 Å². The topological polar surface area (TPSA) is 89.0 Å². The summed E-state index contributed by atoms with van der Waals surface area (Å²) in [7, 11) is 0. The zero-order chi connectivity index (χ0) is 3.58. The van der Waals surface area contributed by atoms with Crippen molar-refractivity contribution < 1.29 is 111 Å². The van der Waals surface area contributed by atoms with E-state index in [1.807, 2.05) is 0 Å². The van der Waals surface area contributed by atoms with Crippen LogP contribution in [0.5, 0.6) is 0 Å². The second kappa shape index (κ2) is 44.3. The summed E-state index contributed by atoms with van der Waals surface area (Å²) in [5.74, 6) is 0. The largest absolute Gasteiger partial charge is 1.00 e. The molecule has 0 fully saturated rings. The van der Waals surface area contributed by atoms with Gasteiger partial charge in [-0.15, -0.1) is 0 Å². The summed E-state index contributed by atoms with van der Waals surface area (Å²) in [6.07, 6.45) is -1.83. The molecule has 0 bridgehead atoms. The standard InChI is InChI=1S/CH2O3.Co.2Li.Mn.Ni.H2O.2H/c2-1(3)4;;;;;;;;/h(H2,2,3,4);;;;;;1H2;;/q;;2*+1;;;;2*-1. The molecule has 62 valence electrons. The van der Waals surface area contributed by atoms with Crippen molar-refractivity contribution in [2.75, 3.05) is 0 Å². The third-order valence-electron chi connectivity index (χ3n) is 0. The van der Waals surface area contributed by atoms with Crippen LogP contribution in [-0.2, 0) is 50.3 Å². The Morgan fingerprint density at radius 3 is 1.20 bits per heavy atom. The molecule has 0 rings (SSSR count). The van der Waals surface area contributed by atoms with Gasteiger partial charge in [-0.05, 0) is 0 Å². The van der Waals surface area contributed by atoms with Crippen LogP contribution < -0.4 is 37.7 Å². The van der Waals surface area contributed by atoms with Crippen molar-refractivity contribution in [3.8, 4) is 0 Å². The van der Waals surface area contributed by atoms with E-state index in [9.17, 15) is 0 Å². The molecule has 0 aromatic heterocycles. The molecular formula is CH6CoLi2MnNiO4. The third kappa shape index (κ3) is 210. The summed E-state index contributed by atoms with van der Waals surface area (Å²) in [6.45, 7) is 0. The van der Waals surface area contributed by atoms with Crippen LogP contribution in [0.2, 0.25) is 0 Å². The number of hydrogen-bond acceptors (Lipinski definition) is 1. The van der Waals surface area contributed by atoms with E-state index < -0.39 is 6.16 Å². The predicted octanol–water partition coefficient (Wildman–Crippen LogP) is -6.38. The summed E-state index contributed by atoms with van der Waals surface area (Å²) in [5.41, 5.74) is 0. The van der Waals surface area contributed by atoms with Gasteiger partial charge in [0.1, 0.15) is 0 Å². The molecule has 0 aliphatic carbocycles. The Balaban J connectivity index is -0.00000000161. The van der Waals surface area contributed by atoms with Gasteiger partial charge in [0.15, 0.2) is 0 Å². The van der Waals surface area contributed by atoms with Crippen molar-refractivity contribution in [2.45, 2.75) is 0 Å². The first-order valence-corrected chi connectivity index (χ1v) is 0.651. The van der Waals surface area contributed by atoms with Gasteiger partial charge in [-0.25, -0.2) is 4.79 Å². The van der Waals surface area contributed by atoms with Crippen LogP contribution in [0, 0.1) is 0 Å². The number of hydrogen-bond donors (Lipinski definition) is 2. The van der Waals surface area contributed by atoms with Gasteiger partial charge in [-0.1, -0.05) is 0 Å². The maximum Gasteiger partial charge on any atom is 1.00 e. The normalized spacial score (nSPS) is 2.40. The Labute approximate surface area is 116 Å². The van der Waals surface area contributed by atoms with E-state index in [4.69, 9.17) is 15.0 Å². The van der Waals surface area contributed by atoms with E-state index in [-0.39, 0.29) is 96.4 Å². The van der Waals surface area contributed by atoms with E-state index in [0.717, 1.165) is 0 Å². The van der Waals surface area contributed by atoms with Crippen LogP contribution in [0.4, 0.5) is 4.79 Å². The molecule has 0 heterocycles. The molecule has 0 amide bonds. The van der Waals surface area contributed by atoms with Gasteiger partial charge in [0.05, 0.1) is 0 Å². The van der Waals surface area contributed by atoms with Crippen molar-refractivity contribution in [3.63, 3.8) is 0 Å². The Hall–Kier alpha value is 1.94. The summed E-state index contributed by atoms with van der Waals surface area (Å²) in [6, 6.07) is 0. The fourth-order valence-corrected chi connectivity index (χ4v) is 0. The van der Waals surface area contributed by atoms with Crippen molar-refractivity contribution in [1.29, 1.82) is 0 Å². The van der Waals surface area contributed by atoms with Crippen LogP contribution in [0.1, 0.15) is 2.85 Å². The average Bonchev–Trinajstić information content (AvgIpc) is 0.811. The minimum absolute atomic E-state index is 0. The Morgan fingerprint density at radius 1 is 1.20 bits per heavy atom. The number of carbonyl (C=O) groups is 1. The van der Waals surface area contributed by atoms with Crippen LogP contribution in [0.3, 0.4) is 0 Å². The first-order valence-electron chi connectivity index (χ1n) is 0.651. The number of rotatable bonds is 0. The smallest absolute Gasteiger partial charge is 1.00 e. The van der Waals surface area contributed by atoms with Gasteiger partial charge in [0, 0.05) is 50.3 Å². The Morgan fingerprint density at radius 2 is 1.20 bits per heavy atom. The molecule has 0 aliphatic heterocycles. The van der Waals surface area contributed by atoms with Crippen molar-refractivity contribution >= 4 is 6.16 Å². The minimum Gasteiger partial charge on any atom is -1.00 e. The molecule has 4 nitrogen and oxygen atoms in total. The third-order valence-corrected chi connectivity index (χ3v) is 0. The van der Waals surface area contributed by atoms with Crippen LogP contribution in [0.25, 0.3) is 0 Å². The Kier molecular flexibility index (Phi) is 259. The molecule has 9 heteroatoms. The molecule has 4 N–H and O–H groups in total. The molecule has 0 aliphatic rings. The van der Waals surface area contributed by atoms with E-state index >= 15 is 0 Å². The minimum atomic E-state index is -1.83. The zero-order valence-electron chi connectivity index (χ0n) is 7.33. The molecule has 0 spiro atoms. The predicted molar refractivity (Wildman–Crippen MR) is 16.5 cm³/mol. The maximum atomic E-state index is 8.56. The molecule has 10 heavy (non-hydrogen) atoms. The van der Waals surface area contributed by atoms with Crippen molar-refractivity contribution in [2.24, 2.45) is 0 Å². The molecule has 0 aromatic rings. The molecule has 0 saturated heterocycles. The molecule has 0 unspecified atom stereocenters. The van der Waals surface area contributed by atoms with Crippen LogP contribution in [0.15, 0.2) is 0 Å².